The molecule has 1 aliphatic heterocycles. The van der Waals surface area contributed by atoms with E-state index in [2.05, 4.69) is 53.4 Å². The number of nitrogens with zero attached hydrogens (tertiary/aromatic N) is 3. The second-order valence-corrected chi connectivity index (χ2v) is 9.54. The molecular formula is C25H36N4O. The summed E-state index contributed by atoms with van der Waals surface area (Å²) >= 11 is 0. The first-order valence-corrected chi connectivity index (χ1v) is 11.4. The Bertz CT molecular complexity index is 887. The lowest BCUT2D eigenvalue weighted by atomic mass is 9.93. The van der Waals surface area contributed by atoms with Gasteiger partial charge in [0.1, 0.15) is 0 Å². The first-order valence-electron chi connectivity index (χ1n) is 11.4. The molecule has 5 heteroatoms. The first kappa shape index (κ1) is 21.1. The van der Waals surface area contributed by atoms with E-state index in [1.165, 1.54) is 29.5 Å². The molecule has 4 rings (SSSR count). The monoisotopic (exact) mass is 408 g/mol. The van der Waals surface area contributed by atoms with E-state index >= 15 is 0 Å². The number of amides is 1. The molecule has 162 valence electrons. The lowest BCUT2D eigenvalue weighted by molar-refractivity contribution is -0.122. The predicted octanol–water partition coefficient (Wildman–Crippen LogP) is 3.59. The third-order valence-electron chi connectivity index (χ3n) is 7.26. The van der Waals surface area contributed by atoms with Crippen molar-refractivity contribution in [3.05, 3.63) is 52.3 Å². The summed E-state index contributed by atoms with van der Waals surface area (Å²) in [6.45, 7) is 9.59. The molecule has 1 aliphatic carbocycles. The van der Waals surface area contributed by atoms with Gasteiger partial charge in [-0.2, -0.15) is 5.10 Å². The van der Waals surface area contributed by atoms with E-state index in [9.17, 15) is 4.79 Å². The smallest absolute Gasteiger partial charge is 0.220 e. The lowest BCUT2D eigenvalue weighted by Crippen LogP contribution is -2.46. The van der Waals surface area contributed by atoms with Crippen molar-refractivity contribution in [1.82, 2.24) is 20.0 Å². The molecule has 0 spiro atoms. The Morgan fingerprint density at radius 3 is 2.37 bits per heavy atom. The molecule has 2 aromatic rings. The highest BCUT2D eigenvalue weighted by Gasteiger charge is 2.45. The maximum absolute atomic E-state index is 12.5. The molecule has 1 amide bonds. The number of nitrogens with one attached hydrogen (secondary N) is 1. The number of piperidine rings is 1. The van der Waals surface area contributed by atoms with Crippen LogP contribution < -0.4 is 5.32 Å². The molecule has 5 nitrogen and oxygen atoms in total. The molecular weight excluding hydrogens is 372 g/mol. The molecule has 0 atom stereocenters. The molecule has 2 fully saturated rings. The van der Waals surface area contributed by atoms with Crippen LogP contribution in [-0.4, -0.2) is 46.3 Å². The second-order valence-electron chi connectivity index (χ2n) is 9.54. The highest BCUT2D eigenvalue weighted by atomic mass is 16.1. The average Bonchev–Trinajstić information content (AvgIpc) is 3.45. The Hall–Kier alpha value is -2.14. The molecule has 30 heavy (non-hydrogen) atoms. The van der Waals surface area contributed by atoms with Gasteiger partial charge in [-0.15, -0.1) is 0 Å². The van der Waals surface area contributed by atoms with E-state index in [0.717, 1.165) is 50.3 Å². The van der Waals surface area contributed by atoms with Crippen molar-refractivity contribution in [1.29, 1.82) is 0 Å². The van der Waals surface area contributed by atoms with Crippen molar-refractivity contribution >= 4 is 5.91 Å². The van der Waals surface area contributed by atoms with Gasteiger partial charge in [-0.3, -0.25) is 9.48 Å². The van der Waals surface area contributed by atoms with Crippen LogP contribution in [0.15, 0.2) is 24.3 Å². The van der Waals surface area contributed by atoms with Gasteiger partial charge in [-0.1, -0.05) is 29.8 Å². The standard InChI is InChI=1S/C25H36N4O/c1-18-5-7-21(8-6-18)25(13-14-25)17-29-15-11-22(12-16-29)26-24(30)10-9-23-19(2)27-28(4)20(23)3/h5-8,22H,9-17H2,1-4H3,(H,26,30). The SMILES string of the molecule is Cc1ccc(C2(CN3CCC(NC(=O)CCc4c(C)nn(C)c4C)CC3)CC2)cc1. The van der Waals surface area contributed by atoms with Gasteiger partial charge in [-0.05, 0) is 64.0 Å². The van der Waals surface area contributed by atoms with Gasteiger partial charge < -0.3 is 10.2 Å². The van der Waals surface area contributed by atoms with Crippen LogP contribution in [0.5, 0.6) is 0 Å². The van der Waals surface area contributed by atoms with Crippen LogP contribution in [0, 0.1) is 20.8 Å². The summed E-state index contributed by atoms with van der Waals surface area (Å²) in [6.07, 6.45) is 6.04. The summed E-state index contributed by atoms with van der Waals surface area (Å²) in [4.78, 5) is 15.1. The van der Waals surface area contributed by atoms with E-state index < -0.39 is 0 Å². The quantitative estimate of drug-likeness (QED) is 0.762. The minimum Gasteiger partial charge on any atom is -0.353 e. The van der Waals surface area contributed by atoms with Gasteiger partial charge in [-0.25, -0.2) is 0 Å². The highest BCUT2D eigenvalue weighted by molar-refractivity contribution is 5.76. The molecule has 1 saturated heterocycles. The number of rotatable bonds is 7. The van der Waals surface area contributed by atoms with Gasteiger partial charge in [0.15, 0.2) is 0 Å². The summed E-state index contributed by atoms with van der Waals surface area (Å²) in [5.41, 5.74) is 6.64. The molecule has 2 heterocycles. The zero-order valence-electron chi connectivity index (χ0n) is 19.0. The Kier molecular flexibility index (Phi) is 6.01. The molecule has 2 aliphatic rings. The highest BCUT2D eigenvalue weighted by Crippen LogP contribution is 2.49. The number of hydrogen-bond acceptors (Lipinski definition) is 3. The molecule has 1 aromatic heterocycles. The van der Waals surface area contributed by atoms with Gasteiger partial charge >= 0.3 is 0 Å². The van der Waals surface area contributed by atoms with Crippen LogP contribution in [0.3, 0.4) is 0 Å². The zero-order chi connectivity index (χ0) is 21.3. The van der Waals surface area contributed by atoms with Crippen molar-refractivity contribution in [3.63, 3.8) is 0 Å². The largest absolute Gasteiger partial charge is 0.353 e. The van der Waals surface area contributed by atoms with Crippen LogP contribution in [0.1, 0.15) is 60.2 Å². The van der Waals surface area contributed by atoms with E-state index in [1.807, 2.05) is 18.7 Å². The van der Waals surface area contributed by atoms with E-state index in [0.29, 0.717) is 17.9 Å². The number of benzene rings is 1. The van der Waals surface area contributed by atoms with Crippen molar-refractivity contribution in [3.8, 4) is 0 Å². The third kappa shape index (κ3) is 4.61. The molecule has 0 radical (unpaired) electrons. The number of carbonyl (C=O) groups excluding carboxylic acids is 1. The maximum Gasteiger partial charge on any atom is 0.220 e. The Labute approximate surface area is 180 Å². The van der Waals surface area contributed by atoms with Gasteiger partial charge in [0.05, 0.1) is 5.69 Å². The summed E-state index contributed by atoms with van der Waals surface area (Å²) in [5, 5.41) is 7.73. The van der Waals surface area contributed by atoms with Crippen molar-refractivity contribution < 1.29 is 4.79 Å². The van der Waals surface area contributed by atoms with Crippen LogP contribution in [0.25, 0.3) is 0 Å². The number of aryl methyl sites for hydroxylation is 3. The molecule has 1 saturated carbocycles. The number of hydrogen-bond donors (Lipinski definition) is 1. The van der Waals surface area contributed by atoms with Gasteiger partial charge in [0, 0.05) is 50.3 Å². The average molecular weight is 409 g/mol. The number of carbonyl (C=O) groups is 1. The topological polar surface area (TPSA) is 50.2 Å². The van der Waals surface area contributed by atoms with Crippen molar-refractivity contribution in [2.45, 2.75) is 70.8 Å². The summed E-state index contributed by atoms with van der Waals surface area (Å²) in [7, 11) is 1.96. The lowest BCUT2D eigenvalue weighted by Gasteiger charge is -2.35. The fourth-order valence-electron chi connectivity index (χ4n) is 4.98. The van der Waals surface area contributed by atoms with E-state index in [1.54, 1.807) is 0 Å². The van der Waals surface area contributed by atoms with Crippen LogP contribution >= 0.6 is 0 Å². The summed E-state index contributed by atoms with van der Waals surface area (Å²) < 4.78 is 1.90. The zero-order valence-corrected chi connectivity index (χ0v) is 19.0. The van der Waals surface area contributed by atoms with E-state index in [4.69, 9.17) is 0 Å². The van der Waals surface area contributed by atoms with Gasteiger partial charge in [0.25, 0.3) is 0 Å². The Morgan fingerprint density at radius 1 is 1.13 bits per heavy atom. The minimum absolute atomic E-state index is 0.175. The molecule has 0 unspecified atom stereocenters. The van der Waals surface area contributed by atoms with Gasteiger partial charge in [0.2, 0.25) is 5.91 Å². The molecule has 0 bridgehead atoms. The fraction of sp³-hybridized carbons (Fsp3) is 0.600. The maximum atomic E-state index is 12.5. The van der Waals surface area contributed by atoms with Crippen molar-refractivity contribution in [2.75, 3.05) is 19.6 Å². The number of likely N-dealkylation sites (tertiary alicyclic amines) is 1. The minimum atomic E-state index is 0.175. The number of aromatic nitrogens is 2. The second kappa shape index (κ2) is 8.54. The van der Waals surface area contributed by atoms with E-state index in [-0.39, 0.29) is 5.91 Å². The first-order chi connectivity index (χ1) is 14.4. The predicted molar refractivity (Wildman–Crippen MR) is 121 cm³/mol. The Balaban J connectivity index is 1.22. The fourth-order valence-corrected chi connectivity index (χ4v) is 4.98. The normalized spacial score (nSPS) is 19.1. The molecule has 1 N–H and O–H groups in total. The van der Waals surface area contributed by atoms with Crippen molar-refractivity contribution in [2.24, 2.45) is 7.05 Å². The molecule has 1 aromatic carbocycles. The Morgan fingerprint density at radius 2 is 1.80 bits per heavy atom. The third-order valence-corrected chi connectivity index (χ3v) is 7.26. The van der Waals surface area contributed by atoms with Crippen LogP contribution in [0.4, 0.5) is 0 Å². The van der Waals surface area contributed by atoms with Crippen LogP contribution in [-0.2, 0) is 23.7 Å². The summed E-state index contributed by atoms with van der Waals surface area (Å²) in [5.74, 6) is 0.175. The van der Waals surface area contributed by atoms with Crippen LogP contribution in [0.2, 0.25) is 0 Å². The summed E-state index contributed by atoms with van der Waals surface area (Å²) in [6, 6.07) is 9.44.